The van der Waals surface area contributed by atoms with Crippen LogP contribution in [0, 0.1) is 6.92 Å². The van der Waals surface area contributed by atoms with Crippen LogP contribution in [-0.4, -0.2) is 34.9 Å². The molecule has 1 amide bonds. The van der Waals surface area contributed by atoms with Gasteiger partial charge in [-0.25, -0.2) is 0 Å². The van der Waals surface area contributed by atoms with Crippen LogP contribution in [0.25, 0.3) is 0 Å². The highest BCUT2D eigenvalue weighted by Gasteiger charge is 2.15. The van der Waals surface area contributed by atoms with Gasteiger partial charge in [0, 0.05) is 25.0 Å². The van der Waals surface area contributed by atoms with Crippen molar-refractivity contribution in [3.63, 3.8) is 0 Å². The average molecular weight is 289 g/mol. The van der Waals surface area contributed by atoms with Gasteiger partial charge in [0.25, 0.3) is 5.91 Å². The maximum absolute atomic E-state index is 11.8. The third-order valence-corrected chi connectivity index (χ3v) is 2.88. The van der Waals surface area contributed by atoms with E-state index in [2.05, 4.69) is 21.1 Å². The highest BCUT2D eigenvalue weighted by Crippen LogP contribution is 2.06. The fourth-order valence-electron chi connectivity index (χ4n) is 1.38. The van der Waals surface area contributed by atoms with Crippen molar-refractivity contribution in [2.24, 2.45) is 0 Å². The largest absolute Gasteiger partial charge is 0.361 e. The lowest BCUT2D eigenvalue weighted by atomic mass is 10.2. The molecule has 1 aromatic heterocycles. The predicted molar refractivity (Wildman–Crippen MR) is 65.8 cm³/mol. The molecule has 0 saturated carbocycles. The van der Waals surface area contributed by atoms with Crippen molar-refractivity contribution in [3.05, 3.63) is 17.5 Å². The topological polar surface area (TPSA) is 46.3 Å². The van der Waals surface area contributed by atoms with Crippen molar-refractivity contribution in [2.45, 2.75) is 26.2 Å². The normalized spacial score (nSPS) is 10.4. The number of unbranched alkanes of at least 4 members (excludes halogenated alkanes) is 2. The quantitative estimate of drug-likeness (QED) is 0.597. The van der Waals surface area contributed by atoms with Gasteiger partial charge < -0.3 is 9.42 Å². The number of alkyl halides is 1. The van der Waals surface area contributed by atoms with Crippen LogP contribution in [-0.2, 0) is 0 Å². The summed E-state index contributed by atoms with van der Waals surface area (Å²) in [6.07, 6.45) is 3.29. The molecule has 0 fully saturated rings. The van der Waals surface area contributed by atoms with Crippen LogP contribution in [0.5, 0.6) is 0 Å². The lowest BCUT2D eigenvalue weighted by Crippen LogP contribution is -2.27. The van der Waals surface area contributed by atoms with Gasteiger partial charge in [-0.1, -0.05) is 27.5 Å². The zero-order valence-corrected chi connectivity index (χ0v) is 11.3. The number of amides is 1. The summed E-state index contributed by atoms with van der Waals surface area (Å²) >= 11 is 3.38. The number of aromatic nitrogens is 1. The number of aryl methyl sites for hydroxylation is 1. The monoisotopic (exact) mass is 288 g/mol. The Labute approximate surface area is 104 Å². The molecule has 1 rings (SSSR count). The first-order valence-corrected chi connectivity index (χ1v) is 6.52. The lowest BCUT2D eigenvalue weighted by Gasteiger charge is -2.14. The minimum absolute atomic E-state index is 0.0734. The van der Waals surface area contributed by atoms with E-state index in [4.69, 9.17) is 4.52 Å². The molecule has 0 atom stereocenters. The molecule has 0 bridgehead atoms. The van der Waals surface area contributed by atoms with Gasteiger partial charge in [0.15, 0.2) is 5.69 Å². The number of hydrogen-bond acceptors (Lipinski definition) is 3. The number of carbonyl (C=O) groups is 1. The Morgan fingerprint density at radius 3 is 2.81 bits per heavy atom. The second-order valence-corrected chi connectivity index (χ2v) is 4.59. The number of hydrogen-bond donors (Lipinski definition) is 0. The van der Waals surface area contributed by atoms with Crippen molar-refractivity contribution in [3.8, 4) is 0 Å². The van der Waals surface area contributed by atoms with Gasteiger partial charge >= 0.3 is 0 Å². The van der Waals surface area contributed by atoms with Crippen molar-refractivity contribution >= 4 is 21.8 Å². The first-order valence-electron chi connectivity index (χ1n) is 5.40. The zero-order chi connectivity index (χ0) is 12.0. The van der Waals surface area contributed by atoms with E-state index in [-0.39, 0.29) is 5.91 Å². The molecule has 0 radical (unpaired) electrons. The standard InChI is InChI=1S/C11H17BrN2O2/c1-9-8-10(13-16-9)11(15)14(2)7-5-3-4-6-12/h8H,3-7H2,1-2H3. The predicted octanol–water partition coefficient (Wildman–Crippen LogP) is 2.62. The molecular weight excluding hydrogens is 272 g/mol. The summed E-state index contributed by atoms with van der Waals surface area (Å²) in [6, 6.07) is 1.66. The highest BCUT2D eigenvalue weighted by atomic mass is 79.9. The minimum atomic E-state index is -0.0734. The van der Waals surface area contributed by atoms with Gasteiger partial charge in [-0.05, 0) is 19.8 Å². The summed E-state index contributed by atoms with van der Waals surface area (Å²) in [7, 11) is 1.79. The summed E-state index contributed by atoms with van der Waals surface area (Å²) in [6.45, 7) is 2.54. The molecule has 5 heteroatoms. The Morgan fingerprint density at radius 2 is 2.25 bits per heavy atom. The van der Waals surface area contributed by atoms with Crippen molar-refractivity contribution in [2.75, 3.05) is 18.9 Å². The Balaban J connectivity index is 2.36. The molecule has 90 valence electrons. The van der Waals surface area contributed by atoms with E-state index in [1.165, 1.54) is 0 Å². The fraction of sp³-hybridized carbons (Fsp3) is 0.636. The lowest BCUT2D eigenvalue weighted by molar-refractivity contribution is 0.0782. The maximum Gasteiger partial charge on any atom is 0.275 e. The summed E-state index contributed by atoms with van der Waals surface area (Å²) in [4.78, 5) is 13.5. The number of carbonyl (C=O) groups excluding carboxylic acids is 1. The van der Waals surface area contributed by atoms with Crippen LogP contribution in [0.15, 0.2) is 10.6 Å². The van der Waals surface area contributed by atoms with E-state index in [0.717, 1.165) is 31.1 Å². The fourth-order valence-corrected chi connectivity index (χ4v) is 1.78. The van der Waals surface area contributed by atoms with Crippen LogP contribution in [0.2, 0.25) is 0 Å². The second-order valence-electron chi connectivity index (χ2n) is 3.80. The molecule has 0 saturated heterocycles. The van der Waals surface area contributed by atoms with Crippen molar-refractivity contribution in [1.29, 1.82) is 0 Å². The molecule has 0 aliphatic rings. The van der Waals surface area contributed by atoms with E-state index in [0.29, 0.717) is 11.5 Å². The molecule has 0 unspecified atom stereocenters. The minimum Gasteiger partial charge on any atom is -0.361 e. The average Bonchev–Trinajstić information content (AvgIpc) is 2.70. The molecule has 4 nitrogen and oxygen atoms in total. The highest BCUT2D eigenvalue weighted by molar-refractivity contribution is 9.09. The molecule has 0 spiro atoms. The molecule has 0 aromatic carbocycles. The Bertz CT molecular complexity index is 338. The number of halogens is 1. The van der Waals surface area contributed by atoms with Gasteiger partial charge in [0.05, 0.1) is 0 Å². The second kappa shape index (κ2) is 6.68. The van der Waals surface area contributed by atoms with E-state index in [1.54, 1.807) is 24.9 Å². The van der Waals surface area contributed by atoms with Crippen molar-refractivity contribution in [1.82, 2.24) is 10.1 Å². The summed E-state index contributed by atoms with van der Waals surface area (Å²) in [5, 5.41) is 4.73. The van der Waals surface area contributed by atoms with E-state index < -0.39 is 0 Å². The van der Waals surface area contributed by atoms with Gasteiger partial charge in [-0.3, -0.25) is 4.79 Å². The van der Waals surface area contributed by atoms with Crippen LogP contribution in [0.4, 0.5) is 0 Å². The van der Waals surface area contributed by atoms with E-state index in [9.17, 15) is 4.79 Å². The third kappa shape index (κ3) is 3.96. The van der Waals surface area contributed by atoms with Crippen LogP contribution in [0.1, 0.15) is 35.5 Å². The SMILES string of the molecule is Cc1cc(C(=O)N(C)CCCCCBr)no1. The molecule has 16 heavy (non-hydrogen) atoms. The van der Waals surface area contributed by atoms with E-state index in [1.807, 2.05) is 0 Å². The molecule has 0 aliphatic heterocycles. The van der Waals surface area contributed by atoms with Crippen LogP contribution in [0.3, 0.4) is 0 Å². The number of nitrogens with zero attached hydrogens (tertiary/aromatic N) is 2. The molecule has 0 N–H and O–H groups in total. The Hall–Kier alpha value is -0.840. The van der Waals surface area contributed by atoms with Gasteiger partial charge in [-0.15, -0.1) is 0 Å². The maximum atomic E-state index is 11.8. The zero-order valence-electron chi connectivity index (χ0n) is 9.70. The van der Waals surface area contributed by atoms with E-state index >= 15 is 0 Å². The van der Waals surface area contributed by atoms with Gasteiger partial charge in [0.1, 0.15) is 5.76 Å². The Kier molecular flexibility index (Phi) is 5.52. The number of rotatable bonds is 6. The Morgan fingerprint density at radius 1 is 1.50 bits per heavy atom. The van der Waals surface area contributed by atoms with Gasteiger partial charge in [-0.2, -0.15) is 0 Å². The molecule has 0 aliphatic carbocycles. The first-order chi connectivity index (χ1) is 7.65. The summed E-state index contributed by atoms with van der Waals surface area (Å²) in [5.74, 6) is 0.590. The summed E-state index contributed by atoms with van der Waals surface area (Å²) < 4.78 is 4.88. The first kappa shape index (κ1) is 13.2. The van der Waals surface area contributed by atoms with Crippen LogP contribution >= 0.6 is 15.9 Å². The van der Waals surface area contributed by atoms with Crippen molar-refractivity contribution < 1.29 is 9.32 Å². The van der Waals surface area contributed by atoms with Crippen LogP contribution < -0.4 is 0 Å². The molecular formula is C11H17BrN2O2. The molecule has 1 heterocycles. The molecule has 1 aromatic rings. The third-order valence-electron chi connectivity index (χ3n) is 2.32. The van der Waals surface area contributed by atoms with Gasteiger partial charge in [0.2, 0.25) is 0 Å². The summed E-state index contributed by atoms with van der Waals surface area (Å²) in [5.41, 5.74) is 0.389. The smallest absolute Gasteiger partial charge is 0.275 e.